The van der Waals surface area contributed by atoms with Crippen LogP contribution in [-0.2, 0) is 21.2 Å². The molecule has 1 aliphatic heterocycles. The lowest BCUT2D eigenvalue weighted by molar-refractivity contribution is -0.114. The van der Waals surface area contributed by atoms with Crippen molar-refractivity contribution in [3.8, 4) is 0 Å². The number of anilines is 2. The molecule has 0 aliphatic carbocycles. The number of nitrogens with zero attached hydrogens (tertiary/aromatic N) is 3. The predicted molar refractivity (Wildman–Crippen MR) is 125 cm³/mol. The van der Waals surface area contributed by atoms with E-state index in [2.05, 4.69) is 17.3 Å². The molecule has 0 saturated heterocycles. The number of nitrogens with one attached hydrogen (secondary N) is 1. The Bertz CT molecular complexity index is 1120. The molecular formula is C23H28N4O3S. The van der Waals surface area contributed by atoms with Crippen LogP contribution in [0.1, 0.15) is 33.3 Å². The van der Waals surface area contributed by atoms with E-state index < -0.39 is 10.0 Å². The number of sulfonamides is 1. The molecule has 1 amide bonds. The molecule has 0 unspecified atom stereocenters. The van der Waals surface area contributed by atoms with Crippen LogP contribution in [0.25, 0.3) is 0 Å². The molecule has 0 fully saturated rings. The molecule has 0 spiro atoms. The van der Waals surface area contributed by atoms with Gasteiger partial charge in [-0.15, -0.1) is 0 Å². The number of hydrazone groups is 1. The zero-order valence-corrected chi connectivity index (χ0v) is 19.1. The summed E-state index contributed by atoms with van der Waals surface area (Å²) < 4.78 is 26.7. The molecule has 164 valence electrons. The standard InChI is InChI=1S/C23H28N4O3S/c1-5-18-10-8-9-11-22(18)24-16-21-17(4)25-27(23(21)28)19-12-14-20(15-13-19)31(29,30)26(6-2)7-3/h8-16,24H,5-7H2,1-4H3. The van der Waals surface area contributed by atoms with Gasteiger partial charge in [-0.1, -0.05) is 39.0 Å². The van der Waals surface area contributed by atoms with Crippen molar-refractivity contribution >= 4 is 33.0 Å². The van der Waals surface area contributed by atoms with Crippen molar-refractivity contribution in [2.75, 3.05) is 23.4 Å². The van der Waals surface area contributed by atoms with Crippen LogP contribution in [0.5, 0.6) is 0 Å². The molecule has 1 heterocycles. The summed E-state index contributed by atoms with van der Waals surface area (Å²) in [5.41, 5.74) is 3.67. The summed E-state index contributed by atoms with van der Waals surface area (Å²) in [6, 6.07) is 14.2. The minimum atomic E-state index is -3.55. The summed E-state index contributed by atoms with van der Waals surface area (Å²) in [5.74, 6) is -0.265. The Balaban J connectivity index is 1.82. The number of rotatable bonds is 8. The fraction of sp³-hybridized carbons (Fsp3) is 0.304. The Kier molecular flexibility index (Phi) is 6.92. The van der Waals surface area contributed by atoms with Crippen LogP contribution in [0.3, 0.4) is 0 Å². The van der Waals surface area contributed by atoms with E-state index in [1.807, 2.05) is 24.3 Å². The van der Waals surface area contributed by atoms with E-state index in [0.29, 0.717) is 30.1 Å². The van der Waals surface area contributed by atoms with Crippen molar-refractivity contribution in [1.82, 2.24) is 4.31 Å². The second-order valence-electron chi connectivity index (χ2n) is 7.10. The molecule has 31 heavy (non-hydrogen) atoms. The first-order valence-corrected chi connectivity index (χ1v) is 11.8. The van der Waals surface area contributed by atoms with Gasteiger partial charge in [0.15, 0.2) is 0 Å². The Morgan fingerprint density at radius 2 is 1.68 bits per heavy atom. The normalized spacial score (nSPS) is 15.6. The van der Waals surface area contributed by atoms with Crippen LogP contribution < -0.4 is 10.3 Å². The van der Waals surface area contributed by atoms with Gasteiger partial charge in [0.05, 0.1) is 21.9 Å². The van der Waals surface area contributed by atoms with Crippen molar-refractivity contribution in [3.63, 3.8) is 0 Å². The van der Waals surface area contributed by atoms with E-state index >= 15 is 0 Å². The molecular weight excluding hydrogens is 412 g/mol. The summed E-state index contributed by atoms with van der Waals surface area (Å²) in [4.78, 5) is 13.1. The van der Waals surface area contributed by atoms with Gasteiger partial charge in [-0.2, -0.15) is 14.4 Å². The van der Waals surface area contributed by atoms with Gasteiger partial charge in [-0.05, 0) is 49.2 Å². The van der Waals surface area contributed by atoms with Gasteiger partial charge in [-0.25, -0.2) is 8.42 Å². The lowest BCUT2D eigenvalue weighted by Gasteiger charge is -2.19. The quantitative estimate of drug-likeness (QED) is 0.629. The molecule has 7 nitrogen and oxygen atoms in total. The molecule has 0 saturated carbocycles. The van der Waals surface area contributed by atoms with Crippen LogP contribution in [0.2, 0.25) is 0 Å². The average molecular weight is 441 g/mol. The average Bonchev–Trinajstić information content (AvgIpc) is 3.06. The Labute approximate surface area is 184 Å². The van der Waals surface area contributed by atoms with Gasteiger partial charge in [0.25, 0.3) is 5.91 Å². The van der Waals surface area contributed by atoms with E-state index in [-0.39, 0.29) is 10.8 Å². The van der Waals surface area contributed by atoms with Gasteiger partial charge >= 0.3 is 0 Å². The first-order valence-electron chi connectivity index (χ1n) is 10.4. The first kappa shape index (κ1) is 22.7. The summed E-state index contributed by atoms with van der Waals surface area (Å²) in [5, 5.41) is 8.88. The van der Waals surface area contributed by atoms with Gasteiger partial charge in [-0.3, -0.25) is 4.79 Å². The Morgan fingerprint density at radius 1 is 1.03 bits per heavy atom. The number of amides is 1. The molecule has 0 bridgehead atoms. The maximum atomic E-state index is 13.0. The van der Waals surface area contributed by atoms with Crippen LogP contribution in [0.4, 0.5) is 11.4 Å². The van der Waals surface area contributed by atoms with Crippen LogP contribution in [0.15, 0.2) is 70.3 Å². The van der Waals surface area contributed by atoms with Gasteiger partial charge in [0.1, 0.15) is 0 Å². The summed E-state index contributed by atoms with van der Waals surface area (Å²) >= 11 is 0. The zero-order chi connectivity index (χ0) is 22.6. The van der Waals surface area contributed by atoms with Crippen molar-refractivity contribution in [2.24, 2.45) is 5.10 Å². The number of aryl methyl sites for hydroxylation is 1. The number of hydrogen-bond donors (Lipinski definition) is 1. The molecule has 0 atom stereocenters. The fourth-order valence-electron chi connectivity index (χ4n) is 3.45. The van der Waals surface area contributed by atoms with E-state index in [1.165, 1.54) is 21.4 Å². The lowest BCUT2D eigenvalue weighted by Crippen LogP contribution is -2.30. The molecule has 8 heteroatoms. The van der Waals surface area contributed by atoms with Gasteiger partial charge in [0.2, 0.25) is 10.0 Å². The number of benzene rings is 2. The van der Waals surface area contributed by atoms with E-state index in [1.54, 1.807) is 39.1 Å². The molecule has 0 radical (unpaired) electrons. The minimum Gasteiger partial charge on any atom is -0.361 e. The van der Waals surface area contributed by atoms with Crippen molar-refractivity contribution in [1.29, 1.82) is 0 Å². The van der Waals surface area contributed by atoms with Crippen LogP contribution in [0, 0.1) is 0 Å². The number of carbonyl (C=O) groups is 1. The van der Waals surface area contributed by atoms with Crippen molar-refractivity contribution < 1.29 is 13.2 Å². The zero-order valence-electron chi connectivity index (χ0n) is 18.3. The highest BCUT2D eigenvalue weighted by atomic mass is 32.2. The van der Waals surface area contributed by atoms with Crippen LogP contribution in [-0.4, -0.2) is 37.4 Å². The first-order chi connectivity index (χ1) is 14.8. The summed E-state index contributed by atoms with van der Waals surface area (Å²) in [6.07, 6.45) is 2.55. The van der Waals surface area contributed by atoms with E-state index in [0.717, 1.165) is 17.7 Å². The van der Waals surface area contributed by atoms with Gasteiger partial charge in [0, 0.05) is 25.0 Å². The number of hydrogen-bond acceptors (Lipinski definition) is 5. The lowest BCUT2D eigenvalue weighted by atomic mass is 10.1. The topological polar surface area (TPSA) is 82.1 Å². The fourth-order valence-corrected chi connectivity index (χ4v) is 4.91. The van der Waals surface area contributed by atoms with Crippen LogP contribution >= 0.6 is 0 Å². The summed E-state index contributed by atoms with van der Waals surface area (Å²) in [6.45, 7) is 8.25. The third kappa shape index (κ3) is 4.55. The molecule has 1 aliphatic rings. The largest absolute Gasteiger partial charge is 0.361 e. The smallest absolute Gasteiger partial charge is 0.282 e. The number of para-hydroxylation sites is 1. The maximum Gasteiger partial charge on any atom is 0.282 e. The second-order valence-corrected chi connectivity index (χ2v) is 9.04. The number of carbonyl (C=O) groups excluding carboxylic acids is 1. The molecule has 1 N–H and O–H groups in total. The maximum absolute atomic E-state index is 13.0. The molecule has 3 rings (SSSR count). The Hall–Kier alpha value is -2.97. The van der Waals surface area contributed by atoms with Crippen molar-refractivity contribution in [2.45, 2.75) is 39.0 Å². The third-order valence-electron chi connectivity index (χ3n) is 5.26. The van der Waals surface area contributed by atoms with E-state index in [4.69, 9.17) is 0 Å². The molecule has 2 aromatic rings. The molecule has 0 aromatic heterocycles. The highest BCUT2D eigenvalue weighted by molar-refractivity contribution is 7.89. The van der Waals surface area contributed by atoms with E-state index in [9.17, 15) is 13.2 Å². The monoisotopic (exact) mass is 440 g/mol. The van der Waals surface area contributed by atoms with Crippen molar-refractivity contribution in [3.05, 3.63) is 65.9 Å². The highest BCUT2D eigenvalue weighted by Gasteiger charge is 2.29. The third-order valence-corrected chi connectivity index (χ3v) is 7.32. The van der Waals surface area contributed by atoms with Gasteiger partial charge < -0.3 is 5.32 Å². The predicted octanol–water partition coefficient (Wildman–Crippen LogP) is 4.00. The highest BCUT2D eigenvalue weighted by Crippen LogP contribution is 2.26. The Morgan fingerprint density at radius 3 is 2.29 bits per heavy atom. The SMILES string of the molecule is CCc1ccccc1NC=C1C(=O)N(c2ccc(S(=O)(=O)N(CC)CC)cc2)N=C1C. The summed E-state index contributed by atoms with van der Waals surface area (Å²) in [7, 11) is -3.55. The molecule has 2 aromatic carbocycles. The minimum absolute atomic E-state index is 0.195. The second kappa shape index (κ2) is 9.45.